The van der Waals surface area contributed by atoms with Crippen molar-refractivity contribution >= 4 is 0 Å². The zero-order valence-electron chi connectivity index (χ0n) is 21.2. The minimum atomic E-state index is -0.173. The lowest BCUT2D eigenvalue weighted by atomic mass is 9.82. The fourth-order valence-corrected chi connectivity index (χ4v) is 5.22. The number of aliphatic hydroxyl groups excluding tert-OH is 1. The number of benzene rings is 1. The van der Waals surface area contributed by atoms with Gasteiger partial charge in [0.1, 0.15) is 6.79 Å². The zero-order chi connectivity index (χ0) is 23.1. The van der Waals surface area contributed by atoms with E-state index in [0.29, 0.717) is 19.3 Å². The van der Waals surface area contributed by atoms with Crippen molar-refractivity contribution in [3.05, 3.63) is 35.9 Å². The standard InChI is InChI=1S/C28H50O3/c1-22(11-10-14-30-21-31-20-28-12-8-7-9-13-28)15-23(2)16-24(3)17-25(4)18-26(5)19-27(6)29/h7-9,12-13,22-27,29H,10-11,14-21H2,1-6H3. The molecule has 0 aromatic heterocycles. The summed E-state index contributed by atoms with van der Waals surface area (Å²) in [6, 6.07) is 10.2. The largest absolute Gasteiger partial charge is 0.393 e. The van der Waals surface area contributed by atoms with E-state index in [9.17, 15) is 5.11 Å². The van der Waals surface area contributed by atoms with Gasteiger partial charge in [0, 0.05) is 6.61 Å². The molecule has 180 valence electrons. The summed E-state index contributed by atoms with van der Waals surface area (Å²) in [5.41, 5.74) is 1.19. The molecule has 1 aromatic rings. The first-order chi connectivity index (χ1) is 14.8. The zero-order valence-corrected chi connectivity index (χ0v) is 21.2. The Labute approximate surface area is 192 Å². The second-order valence-electron chi connectivity index (χ2n) is 10.6. The van der Waals surface area contributed by atoms with Gasteiger partial charge in [-0.05, 0) is 87.0 Å². The summed E-state index contributed by atoms with van der Waals surface area (Å²) in [5, 5.41) is 9.56. The normalized spacial score (nSPS) is 17.6. The first-order valence-electron chi connectivity index (χ1n) is 12.6. The molecular formula is C28H50O3. The third kappa shape index (κ3) is 15.5. The highest BCUT2D eigenvalue weighted by Gasteiger charge is 2.17. The van der Waals surface area contributed by atoms with Gasteiger partial charge in [0.05, 0.1) is 12.7 Å². The monoisotopic (exact) mass is 434 g/mol. The molecule has 0 spiro atoms. The van der Waals surface area contributed by atoms with Crippen LogP contribution in [0.4, 0.5) is 0 Å². The number of hydrogen-bond donors (Lipinski definition) is 1. The Morgan fingerprint density at radius 1 is 0.677 bits per heavy atom. The van der Waals surface area contributed by atoms with E-state index in [4.69, 9.17) is 9.47 Å². The van der Waals surface area contributed by atoms with Crippen LogP contribution < -0.4 is 0 Å². The van der Waals surface area contributed by atoms with E-state index in [1.165, 1.54) is 37.7 Å². The molecule has 3 heteroatoms. The predicted octanol–water partition coefficient (Wildman–Crippen LogP) is 7.47. The van der Waals surface area contributed by atoms with Crippen molar-refractivity contribution in [3.8, 4) is 0 Å². The van der Waals surface area contributed by atoms with Crippen LogP contribution in [0.1, 0.15) is 92.1 Å². The Balaban J connectivity index is 2.05. The molecule has 31 heavy (non-hydrogen) atoms. The smallest absolute Gasteiger partial charge is 0.147 e. The summed E-state index contributed by atoms with van der Waals surface area (Å²) in [6.07, 6.45) is 8.25. The van der Waals surface area contributed by atoms with Gasteiger partial charge < -0.3 is 14.6 Å². The quantitative estimate of drug-likeness (QED) is 0.192. The lowest BCUT2D eigenvalue weighted by Crippen LogP contribution is -2.14. The third-order valence-corrected chi connectivity index (χ3v) is 6.23. The molecule has 0 aliphatic rings. The van der Waals surface area contributed by atoms with Crippen molar-refractivity contribution in [3.63, 3.8) is 0 Å². The van der Waals surface area contributed by atoms with Crippen molar-refractivity contribution < 1.29 is 14.6 Å². The van der Waals surface area contributed by atoms with E-state index < -0.39 is 0 Å². The molecular weight excluding hydrogens is 384 g/mol. The average molecular weight is 435 g/mol. The highest BCUT2D eigenvalue weighted by Crippen LogP contribution is 2.28. The van der Waals surface area contributed by atoms with Crippen molar-refractivity contribution in [1.29, 1.82) is 0 Å². The van der Waals surface area contributed by atoms with E-state index in [1.807, 2.05) is 25.1 Å². The predicted molar refractivity (Wildman–Crippen MR) is 132 cm³/mol. The van der Waals surface area contributed by atoms with Crippen LogP contribution in [0, 0.1) is 29.6 Å². The maximum absolute atomic E-state index is 9.56. The van der Waals surface area contributed by atoms with Gasteiger partial charge in [0.2, 0.25) is 0 Å². The first kappa shape index (κ1) is 28.1. The highest BCUT2D eigenvalue weighted by atomic mass is 16.7. The molecule has 0 saturated carbocycles. The second kappa shape index (κ2) is 16.7. The molecule has 0 radical (unpaired) electrons. The molecule has 0 amide bonds. The summed E-state index contributed by atoms with van der Waals surface area (Å²) in [5.74, 6) is 3.67. The van der Waals surface area contributed by atoms with Gasteiger partial charge >= 0.3 is 0 Å². The molecule has 0 heterocycles. The Morgan fingerprint density at radius 3 is 1.74 bits per heavy atom. The van der Waals surface area contributed by atoms with Crippen molar-refractivity contribution in [2.24, 2.45) is 29.6 Å². The molecule has 6 unspecified atom stereocenters. The van der Waals surface area contributed by atoms with E-state index in [1.54, 1.807) is 0 Å². The summed E-state index contributed by atoms with van der Waals surface area (Å²) >= 11 is 0. The average Bonchev–Trinajstić information content (AvgIpc) is 2.66. The van der Waals surface area contributed by atoms with Crippen LogP contribution in [0.2, 0.25) is 0 Å². The van der Waals surface area contributed by atoms with E-state index in [-0.39, 0.29) is 6.10 Å². The second-order valence-corrected chi connectivity index (χ2v) is 10.6. The summed E-state index contributed by atoms with van der Waals surface area (Å²) in [6.45, 7) is 15.6. The Kier molecular flexibility index (Phi) is 15.2. The molecule has 0 aliphatic heterocycles. The minimum Gasteiger partial charge on any atom is -0.393 e. The Morgan fingerprint density at radius 2 is 1.19 bits per heavy atom. The van der Waals surface area contributed by atoms with Crippen LogP contribution in [0.15, 0.2) is 30.3 Å². The fraction of sp³-hybridized carbons (Fsp3) is 0.786. The minimum absolute atomic E-state index is 0.173. The maximum Gasteiger partial charge on any atom is 0.147 e. The van der Waals surface area contributed by atoms with E-state index in [2.05, 4.69) is 46.8 Å². The van der Waals surface area contributed by atoms with Crippen molar-refractivity contribution in [2.75, 3.05) is 13.4 Å². The molecule has 1 rings (SSSR count). The van der Waals surface area contributed by atoms with Gasteiger partial charge in [-0.1, -0.05) is 65.0 Å². The van der Waals surface area contributed by atoms with Gasteiger partial charge in [0.25, 0.3) is 0 Å². The first-order valence-corrected chi connectivity index (χ1v) is 12.6. The molecule has 0 aliphatic carbocycles. The van der Waals surface area contributed by atoms with Crippen molar-refractivity contribution in [2.45, 2.75) is 99.2 Å². The van der Waals surface area contributed by atoms with Gasteiger partial charge in [-0.3, -0.25) is 0 Å². The summed E-state index contributed by atoms with van der Waals surface area (Å²) in [4.78, 5) is 0. The number of aliphatic hydroxyl groups is 1. The van der Waals surface area contributed by atoms with Gasteiger partial charge in [-0.25, -0.2) is 0 Å². The lowest BCUT2D eigenvalue weighted by Gasteiger charge is -2.24. The topological polar surface area (TPSA) is 38.7 Å². The third-order valence-electron chi connectivity index (χ3n) is 6.23. The lowest BCUT2D eigenvalue weighted by molar-refractivity contribution is -0.0628. The van der Waals surface area contributed by atoms with Gasteiger partial charge in [0.15, 0.2) is 0 Å². The van der Waals surface area contributed by atoms with Gasteiger partial charge in [-0.2, -0.15) is 0 Å². The molecule has 3 nitrogen and oxygen atoms in total. The molecule has 0 bridgehead atoms. The van der Waals surface area contributed by atoms with Crippen LogP contribution in [-0.4, -0.2) is 24.6 Å². The fourth-order valence-electron chi connectivity index (χ4n) is 5.22. The number of ether oxygens (including phenoxy) is 2. The summed E-state index contributed by atoms with van der Waals surface area (Å²) < 4.78 is 11.2. The Hall–Kier alpha value is -0.900. The van der Waals surface area contributed by atoms with Crippen LogP contribution >= 0.6 is 0 Å². The Bertz CT molecular complexity index is 530. The molecule has 0 saturated heterocycles. The molecule has 1 aromatic carbocycles. The van der Waals surface area contributed by atoms with Gasteiger partial charge in [-0.15, -0.1) is 0 Å². The van der Waals surface area contributed by atoms with E-state index in [0.717, 1.165) is 43.1 Å². The van der Waals surface area contributed by atoms with Crippen LogP contribution in [0.5, 0.6) is 0 Å². The molecule has 0 fully saturated rings. The van der Waals surface area contributed by atoms with Crippen molar-refractivity contribution in [1.82, 2.24) is 0 Å². The SMILES string of the molecule is CC(O)CC(C)CC(C)CC(C)CC(C)CC(C)CCCOCOCc1ccccc1. The number of rotatable bonds is 18. The molecule has 6 atom stereocenters. The number of hydrogen-bond acceptors (Lipinski definition) is 3. The molecule has 1 N–H and O–H groups in total. The maximum atomic E-state index is 9.56. The van der Waals surface area contributed by atoms with Crippen LogP contribution in [-0.2, 0) is 16.1 Å². The van der Waals surface area contributed by atoms with Crippen LogP contribution in [0.3, 0.4) is 0 Å². The summed E-state index contributed by atoms with van der Waals surface area (Å²) in [7, 11) is 0. The highest BCUT2D eigenvalue weighted by molar-refractivity contribution is 5.13. The van der Waals surface area contributed by atoms with Crippen LogP contribution in [0.25, 0.3) is 0 Å². The van der Waals surface area contributed by atoms with E-state index >= 15 is 0 Å².